The number of nitrogens with one attached hydrogen (secondary N) is 1. The normalized spacial score (nSPS) is 11.6. The number of hydrogen-bond acceptors (Lipinski definition) is 4. The van der Waals surface area contributed by atoms with E-state index in [9.17, 15) is 8.42 Å². The molecule has 3 aromatic rings. The van der Waals surface area contributed by atoms with Gasteiger partial charge in [-0.1, -0.05) is 24.3 Å². The van der Waals surface area contributed by atoms with E-state index >= 15 is 0 Å². The summed E-state index contributed by atoms with van der Waals surface area (Å²) in [6.07, 6.45) is 4.57. The Kier molecular flexibility index (Phi) is 4.63. The minimum atomic E-state index is -3.69. The molecule has 0 unspecified atom stereocenters. The van der Waals surface area contributed by atoms with E-state index in [0.29, 0.717) is 24.5 Å². The average Bonchev–Trinajstić information content (AvgIpc) is 3.15. The van der Waals surface area contributed by atoms with Crippen molar-refractivity contribution in [2.24, 2.45) is 0 Å². The standard InChI is InChI=1S/C17H21N5O2S/c1-4-22-14(3)17(10-19-22)25(23,24)20-16-9-18-21(12-16)11-15-8-6-5-7-13(15)2/h5-10,12,20H,4,11H2,1-3H3. The van der Waals surface area contributed by atoms with Gasteiger partial charge in [0.15, 0.2) is 0 Å². The van der Waals surface area contributed by atoms with Crippen LogP contribution in [0.2, 0.25) is 0 Å². The minimum absolute atomic E-state index is 0.181. The Balaban J connectivity index is 1.78. The smallest absolute Gasteiger partial charge is 0.265 e. The lowest BCUT2D eigenvalue weighted by Gasteiger charge is -2.06. The molecule has 8 heteroatoms. The Hall–Kier alpha value is -2.61. The van der Waals surface area contributed by atoms with E-state index in [1.807, 2.05) is 38.1 Å². The summed E-state index contributed by atoms with van der Waals surface area (Å²) in [6, 6.07) is 8.03. The Morgan fingerprint density at radius 3 is 2.56 bits per heavy atom. The highest BCUT2D eigenvalue weighted by molar-refractivity contribution is 7.92. The van der Waals surface area contributed by atoms with Crippen molar-refractivity contribution < 1.29 is 8.42 Å². The number of aromatic nitrogens is 4. The Morgan fingerprint density at radius 1 is 1.12 bits per heavy atom. The van der Waals surface area contributed by atoms with Gasteiger partial charge in [0.05, 0.1) is 30.3 Å². The molecule has 0 atom stereocenters. The van der Waals surface area contributed by atoms with Crippen molar-refractivity contribution in [3.8, 4) is 0 Å². The number of nitrogens with zero attached hydrogens (tertiary/aromatic N) is 4. The summed E-state index contributed by atoms with van der Waals surface area (Å²) in [5, 5.41) is 8.33. The van der Waals surface area contributed by atoms with Crippen molar-refractivity contribution >= 4 is 15.7 Å². The lowest BCUT2D eigenvalue weighted by Crippen LogP contribution is -2.13. The van der Waals surface area contributed by atoms with Crippen LogP contribution in [0.4, 0.5) is 5.69 Å². The summed E-state index contributed by atoms with van der Waals surface area (Å²) in [5.74, 6) is 0. The van der Waals surface area contributed by atoms with Crippen molar-refractivity contribution in [1.29, 1.82) is 0 Å². The van der Waals surface area contributed by atoms with Crippen LogP contribution < -0.4 is 4.72 Å². The number of hydrogen-bond donors (Lipinski definition) is 1. The largest absolute Gasteiger partial charge is 0.276 e. The van der Waals surface area contributed by atoms with Crippen LogP contribution in [0.15, 0.2) is 47.8 Å². The van der Waals surface area contributed by atoms with Crippen molar-refractivity contribution in [3.05, 3.63) is 59.7 Å². The summed E-state index contributed by atoms with van der Waals surface area (Å²) < 4.78 is 31.1. The number of sulfonamides is 1. The first-order valence-corrected chi connectivity index (χ1v) is 9.51. The van der Waals surface area contributed by atoms with Crippen LogP contribution >= 0.6 is 0 Å². The van der Waals surface area contributed by atoms with E-state index in [2.05, 4.69) is 14.9 Å². The molecule has 0 radical (unpaired) electrons. The average molecular weight is 359 g/mol. The molecule has 2 aromatic heterocycles. The van der Waals surface area contributed by atoms with Gasteiger partial charge in [0.2, 0.25) is 0 Å². The maximum atomic E-state index is 12.6. The van der Waals surface area contributed by atoms with Crippen LogP contribution in [-0.4, -0.2) is 28.0 Å². The zero-order valence-corrected chi connectivity index (χ0v) is 15.3. The molecule has 0 aliphatic rings. The minimum Gasteiger partial charge on any atom is -0.276 e. The van der Waals surface area contributed by atoms with Crippen LogP contribution in [0.3, 0.4) is 0 Å². The molecule has 0 aliphatic carbocycles. The molecule has 1 N–H and O–H groups in total. The van der Waals surface area contributed by atoms with Gasteiger partial charge in [-0.25, -0.2) is 8.42 Å². The topological polar surface area (TPSA) is 81.8 Å². The molecule has 0 spiro atoms. The molecule has 7 nitrogen and oxygen atoms in total. The molecule has 0 amide bonds. The van der Waals surface area contributed by atoms with Crippen LogP contribution in [0.25, 0.3) is 0 Å². The molecule has 132 valence electrons. The van der Waals surface area contributed by atoms with E-state index in [-0.39, 0.29) is 4.90 Å². The molecule has 0 fully saturated rings. The van der Waals surface area contributed by atoms with Gasteiger partial charge in [0, 0.05) is 12.7 Å². The Labute approximate surface area is 147 Å². The monoisotopic (exact) mass is 359 g/mol. The van der Waals surface area contributed by atoms with E-state index < -0.39 is 10.0 Å². The molecule has 0 bridgehead atoms. The van der Waals surface area contributed by atoms with E-state index in [4.69, 9.17) is 0 Å². The van der Waals surface area contributed by atoms with Crippen LogP contribution in [0.1, 0.15) is 23.7 Å². The fourth-order valence-corrected chi connectivity index (χ4v) is 3.89. The third-order valence-corrected chi connectivity index (χ3v) is 5.61. The van der Waals surface area contributed by atoms with E-state index in [0.717, 1.165) is 5.56 Å². The number of benzene rings is 1. The first-order valence-electron chi connectivity index (χ1n) is 8.03. The number of aryl methyl sites for hydroxylation is 2. The molecule has 25 heavy (non-hydrogen) atoms. The van der Waals surface area contributed by atoms with Crippen molar-refractivity contribution in [1.82, 2.24) is 19.6 Å². The van der Waals surface area contributed by atoms with E-state index in [1.54, 1.807) is 22.5 Å². The van der Waals surface area contributed by atoms with Gasteiger partial charge in [0.1, 0.15) is 4.90 Å². The molecule has 0 aliphatic heterocycles. The second-order valence-electron chi connectivity index (χ2n) is 5.87. The van der Waals surface area contributed by atoms with Gasteiger partial charge >= 0.3 is 0 Å². The van der Waals surface area contributed by atoms with E-state index in [1.165, 1.54) is 18.0 Å². The SMILES string of the molecule is CCn1ncc(S(=O)(=O)Nc2cnn(Cc3ccccc3C)c2)c1C. The van der Waals surface area contributed by atoms with Crippen molar-refractivity contribution in [2.75, 3.05) is 4.72 Å². The first-order chi connectivity index (χ1) is 11.9. The second kappa shape index (κ2) is 6.72. The highest BCUT2D eigenvalue weighted by Gasteiger charge is 2.21. The van der Waals surface area contributed by atoms with Crippen LogP contribution in [-0.2, 0) is 23.1 Å². The van der Waals surface area contributed by atoms with Gasteiger partial charge in [-0.2, -0.15) is 10.2 Å². The van der Waals surface area contributed by atoms with Gasteiger partial charge < -0.3 is 0 Å². The lowest BCUT2D eigenvalue weighted by molar-refractivity contribution is 0.598. The summed E-state index contributed by atoms with van der Waals surface area (Å²) >= 11 is 0. The van der Waals surface area contributed by atoms with Crippen molar-refractivity contribution in [2.45, 2.75) is 38.8 Å². The maximum absolute atomic E-state index is 12.6. The van der Waals surface area contributed by atoms with Gasteiger partial charge in [0.25, 0.3) is 10.0 Å². The van der Waals surface area contributed by atoms with Crippen LogP contribution in [0.5, 0.6) is 0 Å². The molecule has 2 heterocycles. The zero-order chi connectivity index (χ0) is 18.0. The maximum Gasteiger partial charge on any atom is 0.265 e. The lowest BCUT2D eigenvalue weighted by atomic mass is 10.1. The number of rotatable bonds is 6. The van der Waals surface area contributed by atoms with Crippen LogP contribution in [0, 0.1) is 13.8 Å². The second-order valence-corrected chi connectivity index (χ2v) is 7.52. The number of anilines is 1. The first kappa shape index (κ1) is 17.2. The third kappa shape index (κ3) is 3.58. The highest BCUT2D eigenvalue weighted by Crippen LogP contribution is 2.19. The zero-order valence-electron chi connectivity index (χ0n) is 14.5. The molecule has 0 saturated carbocycles. The van der Waals surface area contributed by atoms with Crippen molar-refractivity contribution in [3.63, 3.8) is 0 Å². The summed E-state index contributed by atoms with van der Waals surface area (Å²) in [7, 11) is -3.69. The summed E-state index contributed by atoms with van der Waals surface area (Å²) in [4.78, 5) is 0.181. The Morgan fingerprint density at radius 2 is 1.88 bits per heavy atom. The quantitative estimate of drug-likeness (QED) is 0.733. The van der Waals surface area contributed by atoms with Gasteiger partial charge in [-0.15, -0.1) is 0 Å². The van der Waals surface area contributed by atoms with Gasteiger partial charge in [-0.3, -0.25) is 14.1 Å². The predicted molar refractivity (Wildman–Crippen MR) is 96.0 cm³/mol. The molecule has 0 saturated heterocycles. The summed E-state index contributed by atoms with van der Waals surface area (Å²) in [5.41, 5.74) is 3.35. The predicted octanol–water partition coefficient (Wildman–Crippen LogP) is 2.57. The third-order valence-electron chi connectivity index (χ3n) is 4.13. The molecular weight excluding hydrogens is 338 g/mol. The fraction of sp³-hybridized carbons (Fsp3) is 0.294. The Bertz CT molecular complexity index is 988. The summed E-state index contributed by atoms with van der Waals surface area (Å²) in [6.45, 7) is 6.90. The molecule has 3 rings (SSSR count). The fourth-order valence-electron chi connectivity index (χ4n) is 2.69. The molecule has 1 aromatic carbocycles. The van der Waals surface area contributed by atoms with Gasteiger partial charge in [-0.05, 0) is 31.9 Å². The molecular formula is C17H21N5O2S. The highest BCUT2D eigenvalue weighted by atomic mass is 32.2.